The van der Waals surface area contributed by atoms with E-state index in [1.807, 2.05) is 58.2 Å². The summed E-state index contributed by atoms with van der Waals surface area (Å²) in [5.41, 5.74) is 1.43. The van der Waals surface area contributed by atoms with Gasteiger partial charge < -0.3 is 19.4 Å². The molecule has 2 N–H and O–H groups in total. The van der Waals surface area contributed by atoms with E-state index in [4.69, 9.17) is 9.15 Å². The van der Waals surface area contributed by atoms with Gasteiger partial charge in [0, 0.05) is 12.0 Å². The third-order valence-electron chi connectivity index (χ3n) is 4.89. The predicted molar refractivity (Wildman–Crippen MR) is 117 cm³/mol. The monoisotopic (exact) mass is 427 g/mol. The standard InChI is InChI=1S/C23H30N4O4/c1-23(2,3)24-21(28)14-26(4)15-22(29)27-19(20-7-6-12-31-20)13-18(25-27)16-8-10-17(30-5)11-9-16/h6-12,19H,13-15H2,1-5H3,(H,24,28)/p+1/t19-/m0/s1. The van der Waals surface area contributed by atoms with Crippen molar-refractivity contribution < 1.29 is 23.6 Å². The maximum atomic E-state index is 13.1. The zero-order chi connectivity index (χ0) is 22.6. The second-order valence-electron chi connectivity index (χ2n) is 8.86. The molecule has 166 valence electrons. The quantitative estimate of drug-likeness (QED) is 0.699. The Morgan fingerprint density at radius 1 is 1.23 bits per heavy atom. The molecule has 0 bridgehead atoms. The number of rotatable bonds is 7. The summed E-state index contributed by atoms with van der Waals surface area (Å²) in [4.78, 5) is 26.1. The van der Waals surface area contributed by atoms with Crippen molar-refractivity contribution >= 4 is 17.5 Å². The van der Waals surface area contributed by atoms with E-state index in [1.165, 1.54) is 5.01 Å². The van der Waals surface area contributed by atoms with Gasteiger partial charge in [0.25, 0.3) is 11.8 Å². The molecule has 2 aromatic rings. The van der Waals surface area contributed by atoms with E-state index >= 15 is 0 Å². The van der Waals surface area contributed by atoms with E-state index in [0.29, 0.717) is 12.2 Å². The molecule has 1 aliphatic rings. The van der Waals surface area contributed by atoms with Crippen LogP contribution in [0.1, 0.15) is 44.6 Å². The lowest BCUT2D eigenvalue weighted by molar-refractivity contribution is -0.863. The Balaban J connectivity index is 1.73. The molecular weight excluding hydrogens is 396 g/mol. The van der Waals surface area contributed by atoms with Gasteiger partial charge in [-0.1, -0.05) is 0 Å². The van der Waals surface area contributed by atoms with Crippen molar-refractivity contribution in [1.82, 2.24) is 10.3 Å². The van der Waals surface area contributed by atoms with Crippen molar-refractivity contribution in [1.29, 1.82) is 0 Å². The minimum Gasteiger partial charge on any atom is -0.497 e. The van der Waals surface area contributed by atoms with E-state index in [9.17, 15) is 9.59 Å². The van der Waals surface area contributed by atoms with Crippen LogP contribution in [0.5, 0.6) is 5.75 Å². The number of benzene rings is 1. The van der Waals surface area contributed by atoms with Crippen molar-refractivity contribution in [3.8, 4) is 5.75 Å². The first-order valence-corrected chi connectivity index (χ1v) is 10.4. The molecule has 0 radical (unpaired) electrons. The van der Waals surface area contributed by atoms with Gasteiger partial charge in [0.2, 0.25) is 0 Å². The normalized spacial score (nSPS) is 17.3. The molecule has 0 saturated carbocycles. The average Bonchev–Trinajstić information content (AvgIpc) is 3.36. The van der Waals surface area contributed by atoms with E-state index in [0.717, 1.165) is 21.9 Å². The van der Waals surface area contributed by atoms with Gasteiger partial charge in [0.05, 0.1) is 26.1 Å². The van der Waals surface area contributed by atoms with Crippen molar-refractivity contribution in [2.45, 2.75) is 38.8 Å². The number of ether oxygens (including phenoxy) is 1. The molecule has 31 heavy (non-hydrogen) atoms. The molecule has 1 aliphatic heterocycles. The Labute approximate surface area is 182 Å². The minimum atomic E-state index is -0.309. The largest absolute Gasteiger partial charge is 0.497 e. The summed E-state index contributed by atoms with van der Waals surface area (Å²) in [5, 5.41) is 9.04. The van der Waals surface area contributed by atoms with Crippen molar-refractivity contribution in [2.75, 3.05) is 27.2 Å². The SMILES string of the molecule is COc1ccc(C2=NN(C(=O)C[NH+](C)CC(=O)NC(C)(C)C)[C@H](c3ccco3)C2)cc1. The highest BCUT2D eigenvalue weighted by Crippen LogP contribution is 2.33. The molecule has 0 saturated heterocycles. The number of hydrazone groups is 1. The van der Waals surface area contributed by atoms with Gasteiger partial charge in [0.15, 0.2) is 13.1 Å². The smallest absolute Gasteiger partial charge is 0.298 e. The number of carbonyl (C=O) groups is 2. The zero-order valence-electron chi connectivity index (χ0n) is 18.8. The first kappa shape index (κ1) is 22.6. The lowest BCUT2D eigenvalue weighted by Crippen LogP contribution is -3.11. The number of furan rings is 1. The minimum absolute atomic E-state index is 0.0933. The molecule has 1 aromatic heterocycles. The van der Waals surface area contributed by atoms with Crippen LogP contribution in [0, 0.1) is 0 Å². The number of hydrogen-bond acceptors (Lipinski definition) is 5. The predicted octanol–water partition coefficient (Wildman–Crippen LogP) is 1.40. The van der Waals surface area contributed by atoms with Crippen LogP contribution in [0.3, 0.4) is 0 Å². The third kappa shape index (κ3) is 5.95. The molecule has 3 rings (SSSR count). The highest BCUT2D eigenvalue weighted by Gasteiger charge is 2.36. The van der Waals surface area contributed by atoms with Crippen LogP contribution in [0.4, 0.5) is 0 Å². The molecule has 8 nitrogen and oxygen atoms in total. The Bertz CT molecular complexity index is 929. The van der Waals surface area contributed by atoms with Crippen LogP contribution in [0.25, 0.3) is 0 Å². The first-order chi connectivity index (χ1) is 14.7. The van der Waals surface area contributed by atoms with Gasteiger partial charge in [-0.25, -0.2) is 5.01 Å². The number of nitrogens with one attached hydrogen (secondary N) is 2. The second-order valence-corrected chi connectivity index (χ2v) is 8.86. The fraction of sp³-hybridized carbons (Fsp3) is 0.435. The molecule has 2 atom stereocenters. The highest BCUT2D eigenvalue weighted by atomic mass is 16.5. The van der Waals surface area contributed by atoms with E-state index in [2.05, 4.69) is 10.4 Å². The fourth-order valence-electron chi connectivity index (χ4n) is 3.54. The maximum absolute atomic E-state index is 13.1. The Hall–Kier alpha value is -3.13. The number of quaternary nitrogens is 1. The molecule has 8 heteroatoms. The second kappa shape index (κ2) is 9.34. The van der Waals surface area contributed by atoms with Crippen LogP contribution in [0.2, 0.25) is 0 Å². The molecule has 1 aromatic carbocycles. The number of carbonyl (C=O) groups excluding carboxylic acids is 2. The van der Waals surface area contributed by atoms with Crippen molar-refractivity contribution in [3.05, 3.63) is 54.0 Å². The van der Waals surface area contributed by atoms with Gasteiger partial charge in [-0.2, -0.15) is 5.10 Å². The number of methoxy groups -OCH3 is 1. The number of hydrogen-bond donors (Lipinski definition) is 2. The summed E-state index contributed by atoms with van der Waals surface area (Å²) in [6, 6.07) is 10.9. The molecular formula is C23H31N4O4+. The topological polar surface area (TPSA) is 88.6 Å². The fourth-order valence-corrected chi connectivity index (χ4v) is 3.54. The van der Waals surface area contributed by atoms with Crippen LogP contribution < -0.4 is 15.0 Å². The first-order valence-electron chi connectivity index (χ1n) is 10.4. The van der Waals surface area contributed by atoms with Crippen LogP contribution in [-0.4, -0.2) is 55.3 Å². The Morgan fingerprint density at radius 3 is 2.52 bits per heavy atom. The molecule has 0 spiro atoms. The highest BCUT2D eigenvalue weighted by molar-refractivity contribution is 6.03. The van der Waals surface area contributed by atoms with Gasteiger partial charge in [-0.3, -0.25) is 9.59 Å². The molecule has 0 aliphatic carbocycles. The number of nitrogens with zero attached hydrogens (tertiary/aromatic N) is 2. The number of likely N-dealkylation sites (N-methyl/N-ethyl adjacent to an activating group) is 1. The van der Waals surface area contributed by atoms with Crippen LogP contribution in [0.15, 0.2) is 52.2 Å². The third-order valence-corrected chi connectivity index (χ3v) is 4.89. The van der Waals surface area contributed by atoms with E-state index in [1.54, 1.807) is 19.4 Å². The van der Waals surface area contributed by atoms with Crippen molar-refractivity contribution in [2.24, 2.45) is 5.10 Å². The van der Waals surface area contributed by atoms with Crippen molar-refractivity contribution in [3.63, 3.8) is 0 Å². The molecule has 0 fully saturated rings. The van der Waals surface area contributed by atoms with Crippen LogP contribution in [-0.2, 0) is 9.59 Å². The maximum Gasteiger partial charge on any atom is 0.298 e. The van der Waals surface area contributed by atoms with Gasteiger partial charge in [0.1, 0.15) is 17.6 Å². The summed E-state index contributed by atoms with van der Waals surface area (Å²) in [5.74, 6) is 1.19. The summed E-state index contributed by atoms with van der Waals surface area (Å²) in [7, 11) is 3.45. The molecule has 2 amide bonds. The lowest BCUT2D eigenvalue weighted by Gasteiger charge is -2.23. The Morgan fingerprint density at radius 2 is 1.94 bits per heavy atom. The van der Waals surface area contributed by atoms with Gasteiger partial charge in [-0.15, -0.1) is 0 Å². The zero-order valence-corrected chi connectivity index (χ0v) is 18.8. The average molecular weight is 428 g/mol. The summed E-state index contributed by atoms with van der Waals surface area (Å²) in [6.07, 6.45) is 2.15. The molecule has 2 heterocycles. The lowest BCUT2D eigenvalue weighted by atomic mass is 10.0. The summed E-state index contributed by atoms with van der Waals surface area (Å²) in [6.45, 7) is 6.14. The van der Waals surface area contributed by atoms with E-state index in [-0.39, 0.29) is 36.5 Å². The van der Waals surface area contributed by atoms with E-state index < -0.39 is 0 Å². The summed E-state index contributed by atoms with van der Waals surface area (Å²) < 4.78 is 10.8. The molecule has 1 unspecified atom stereocenters. The van der Waals surface area contributed by atoms with Gasteiger partial charge in [-0.05, 0) is 62.7 Å². The summed E-state index contributed by atoms with van der Waals surface area (Å²) >= 11 is 0. The Kier molecular flexibility index (Phi) is 6.80. The van der Waals surface area contributed by atoms with Crippen LogP contribution >= 0.6 is 0 Å². The van der Waals surface area contributed by atoms with Gasteiger partial charge >= 0.3 is 0 Å². The number of amides is 2.